The number of nitrogens with zero attached hydrogens (tertiary/aromatic N) is 3. The maximum atomic E-state index is 13.5. The number of thiophene rings is 1. The third-order valence-electron chi connectivity index (χ3n) is 8.07. The van der Waals surface area contributed by atoms with E-state index < -0.39 is 5.91 Å². The summed E-state index contributed by atoms with van der Waals surface area (Å²) in [6.07, 6.45) is 1.81. The summed E-state index contributed by atoms with van der Waals surface area (Å²) >= 11 is 17.7. The molecule has 3 aromatic carbocycles. The Morgan fingerprint density at radius 3 is 2.18 bits per heavy atom. The predicted molar refractivity (Wildman–Crippen MR) is 203 cm³/mol. The van der Waals surface area contributed by atoms with Gasteiger partial charge in [0.2, 0.25) is 0 Å². The topological polar surface area (TPSA) is 117 Å². The fourth-order valence-corrected chi connectivity index (χ4v) is 8.13. The molecule has 256 valence electrons. The lowest BCUT2D eigenvalue weighted by Gasteiger charge is -2.32. The van der Waals surface area contributed by atoms with Gasteiger partial charge in [-0.25, -0.2) is 0 Å². The van der Waals surface area contributed by atoms with Gasteiger partial charge >= 0.3 is 0 Å². The van der Waals surface area contributed by atoms with Gasteiger partial charge in [-0.2, -0.15) is 0 Å². The highest BCUT2D eigenvalue weighted by Gasteiger charge is 2.27. The maximum absolute atomic E-state index is 13.5. The van der Waals surface area contributed by atoms with Crippen LogP contribution in [-0.4, -0.2) is 69.7 Å². The number of anilines is 2. The Morgan fingerprint density at radius 2 is 1.61 bits per heavy atom. The third-order valence-corrected chi connectivity index (χ3v) is 10.5. The number of hydrogen-bond acceptors (Lipinski definition) is 8. The van der Waals surface area contributed by atoms with E-state index in [1.54, 1.807) is 24.6 Å². The molecule has 1 fully saturated rings. The first-order valence-electron chi connectivity index (χ1n) is 15.3. The number of halogens is 3. The zero-order valence-electron chi connectivity index (χ0n) is 27.1. The molecule has 0 spiro atoms. The molecule has 4 aromatic rings. The van der Waals surface area contributed by atoms with E-state index in [4.69, 9.17) is 32.7 Å². The van der Waals surface area contributed by atoms with E-state index >= 15 is 0 Å². The summed E-state index contributed by atoms with van der Waals surface area (Å²) in [6, 6.07) is 17.7. The average Bonchev–Trinajstić information content (AvgIpc) is 3.55. The minimum Gasteiger partial charge on any atom is -0.494 e. The molecule has 1 saturated heterocycles. The van der Waals surface area contributed by atoms with E-state index in [1.807, 2.05) is 18.2 Å². The minimum absolute atomic E-state index is 0.0934. The molecule has 0 atom stereocenters. The van der Waals surface area contributed by atoms with Crippen LogP contribution in [0.3, 0.4) is 0 Å². The largest absolute Gasteiger partial charge is 0.494 e. The first-order valence-corrected chi connectivity index (χ1v) is 17.7. The van der Waals surface area contributed by atoms with Crippen LogP contribution in [-0.2, 0) is 6.54 Å². The van der Waals surface area contributed by atoms with Crippen LogP contribution in [0.1, 0.15) is 44.0 Å². The lowest BCUT2D eigenvalue weighted by atomic mass is 10.0. The second-order valence-corrected chi connectivity index (χ2v) is 13.5. The highest BCUT2D eigenvalue weighted by molar-refractivity contribution is 9.10. The molecule has 49 heavy (non-hydrogen) atoms. The van der Waals surface area contributed by atoms with E-state index in [2.05, 4.69) is 77.7 Å². The number of amidine groups is 1. The summed E-state index contributed by atoms with van der Waals surface area (Å²) in [6.45, 7) is 6.48. The smallest absolute Gasteiger partial charge is 0.258 e. The van der Waals surface area contributed by atoms with Gasteiger partial charge in [-0.3, -0.25) is 24.5 Å². The first kappa shape index (κ1) is 36.3. The number of amides is 2. The Bertz CT molecular complexity index is 1830. The van der Waals surface area contributed by atoms with E-state index in [0.29, 0.717) is 32.1 Å². The number of ether oxygens (including phenoxy) is 2. The molecule has 0 saturated carbocycles. The van der Waals surface area contributed by atoms with Crippen LogP contribution in [0.5, 0.6) is 11.5 Å². The van der Waals surface area contributed by atoms with Crippen LogP contribution in [0.15, 0.2) is 74.4 Å². The molecule has 1 aliphatic rings. The van der Waals surface area contributed by atoms with Gasteiger partial charge in [0.25, 0.3) is 11.8 Å². The summed E-state index contributed by atoms with van der Waals surface area (Å²) < 4.78 is 11.2. The van der Waals surface area contributed by atoms with Gasteiger partial charge < -0.3 is 25.4 Å². The van der Waals surface area contributed by atoms with Crippen molar-refractivity contribution in [3.05, 3.63) is 96.1 Å². The van der Waals surface area contributed by atoms with E-state index in [0.717, 1.165) is 32.5 Å². The minimum atomic E-state index is -0.521. The molecular formula is C35H35BrCl2N6O4S. The number of carbonyl (C=O) groups is 2. The first-order chi connectivity index (χ1) is 23.7. The molecule has 5 rings (SSSR count). The van der Waals surface area contributed by atoms with Gasteiger partial charge in [0.15, 0.2) is 11.5 Å². The van der Waals surface area contributed by atoms with Crippen molar-refractivity contribution >= 4 is 91.9 Å². The molecule has 2 amide bonds. The Kier molecular flexibility index (Phi) is 12.3. The predicted octanol–water partition coefficient (Wildman–Crippen LogP) is 8.30. The maximum Gasteiger partial charge on any atom is 0.258 e. The van der Waals surface area contributed by atoms with Gasteiger partial charge in [-0.1, -0.05) is 53.5 Å². The number of aliphatic imine (C=N–C) groups is 2. The molecule has 0 radical (unpaired) electrons. The van der Waals surface area contributed by atoms with Gasteiger partial charge in [0.1, 0.15) is 20.4 Å². The molecule has 0 bridgehead atoms. The zero-order chi connectivity index (χ0) is 35.1. The quantitative estimate of drug-likeness (QED) is 0.104. The van der Waals surface area contributed by atoms with Gasteiger partial charge in [0, 0.05) is 49.4 Å². The molecule has 0 unspecified atom stereocenters. The highest BCUT2D eigenvalue weighted by atomic mass is 79.9. The second-order valence-electron chi connectivity index (χ2n) is 11.1. The summed E-state index contributed by atoms with van der Waals surface area (Å²) in [5.74, 6) is 0.339. The van der Waals surface area contributed by atoms with Gasteiger partial charge in [-0.15, -0.1) is 11.3 Å². The van der Waals surface area contributed by atoms with Crippen LogP contribution in [0.25, 0.3) is 0 Å². The van der Waals surface area contributed by atoms with E-state index in [1.165, 1.54) is 31.1 Å². The summed E-state index contributed by atoms with van der Waals surface area (Å²) in [4.78, 5) is 38.1. The van der Waals surface area contributed by atoms with Crippen molar-refractivity contribution in [1.82, 2.24) is 10.2 Å². The lowest BCUT2D eigenvalue weighted by molar-refractivity contribution is 0.0908. The molecule has 1 aliphatic heterocycles. The van der Waals surface area contributed by atoms with Crippen molar-refractivity contribution in [3.63, 3.8) is 0 Å². The van der Waals surface area contributed by atoms with Crippen LogP contribution in [0.4, 0.5) is 17.1 Å². The summed E-state index contributed by atoms with van der Waals surface area (Å²) in [5, 5.41) is 11.1. The van der Waals surface area contributed by atoms with Gasteiger partial charge in [0.05, 0.1) is 36.0 Å². The highest BCUT2D eigenvalue weighted by Crippen LogP contribution is 2.50. The normalized spacial score (nSPS) is 13.9. The molecule has 0 aliphatic carbocycles. The van der Waals surface area contributed by atoms with Crippen molar-refractivity contribution in [3.8, 4) is 11.5 Å². The summed E-state index contributed by atoms with van der Waals surface area (Å²) in [7, 11) is 4.50. The standard InChI is InChI=1S/C35H35BrCl2N6O4S/c1-39-28-24(35(46)43-29-26(37)30(47-3)25(36)31(48-4)27(29)38)19-49-32(28)33(40-2)41-22-12-10-21(11-13-22)34(45)42-23-14-16-44(17-15-23)18-20-8-6-5-7-9-20/h5-13,19,23H,1,14-18H2,2-4H3,(H,40,41)(H,42,45)(H,43,46). The number of methoxy groups -OCH3 is 2. The van der Waals surface area contributed by atoms with Crippen LogP contribution in [0, 0.1) is 0 Å². The Balaban J connectivity index is 1.22. The van der Waals surface area contributed by atoms with Crippen molar-refractivity contribution < 1.29 is 19.1 Å². The number of rotatable bonds is 11. The number of likely N-dealkylation sites (tertiary alicyclic amines) is 1. The molecule has 2 heterocycles. The third kappa shape index (κ3) is 8.27. The average molecular weight is 787 g/mol. The Labute approximate surface area is 307 Å². The monoisotopic (exact) mass is 784 g/mol. The number of nitrogens with one attached hydrogen (secondary N) is 3. The van der Waals surface area contributed by atoms with Crippen LogP contribution in [0.2, 0.25) is 10.0 Å². The Morgan fingerprint density at radius 1 is 0.980 bits per heavy atom. The molecule has 3 N–H and O–H groups in total. The number of hydrogen-bond donors (Lipinski definition) is 3. The van der Waals surface area contributed by atoms with E-state index in [9.17, 15) is 9.59 Å². The van der Waals surface area contributed by atoms with Crippen LogP contribution < -0.4 is 25.4 Å². The zero-order valence-corrected chi connectivity index (χ0v) is 31.0. The molecule has 10 nitrogen and oxygen atoms in total. The second kappa shape index (κ2) is 16.6. The molecule has 1 aromatic heterocycles. The number of carbonyl (C=O) groups excluding carboxylic acids is 2. The Hall–Kier alpha value is -3.94. The van der Waals surface area contributed by atoms with Crippen molar-refractivity contribution in [2.75, 3.05) is 45.0 Å². The van der Waals surface area contributed by atoms with Crippen molar-refractivity contribution in [2.45, 2.75) is 25.4 Å². The van der Waals surface area contributed by atoms with Crippen LogP contribution >= 0.6 is 50.5 Å². The number of piperidine rings is 1. The lowest BCUT2D eigenvalue weighted by Crippen LogP contribution is -2.44. The number of benzene rings is 3. The fraction of sp³-hybridized carbons (Fsp3) is 0.257. The molecule has 14 heteroatoms. The van der Waals surface area contributed by atoms with Crippen molar-refractivity contribution in [1.29, 1.82) is 0 Å². The van der Waals surface area contributed by atoms with Gasteiger partial charge in [-0.05, 0) is 65.3 Å². The summed E-state index contributed by atoms with van der Waals surface area (Å²) in [5.41, 5.74) is 3.25. The fourth-order valence-electron chi connectivity index (χ4n) is 5.51. The van der Waals surface area contributed by atoms with E-state index in [-0.39, 0.29) is 44.7 Å². The SMILES string of the molecule is C=Nc1c(C(=O)Nc2c(Cl)c(OC)c(Br)c(OC)c2Cl)csc1/C(=N\C)Nc1ccc(C(=O)NC2CCN(Cc3ccccc3)CC2)cc1. The van der Waals surface area contributed by atoms with Crippen molar-refractivity contribution in [2.24, 2.45) is 9.98 Å². The molecular weight excluding hydrogens is 751 g/mol.